The van der Waals surface area contributed by atoms with Crippen molar-refractivity contribution < 1.29 is 0 Å². The summed E-state index contributed by atoms with van der Waals surface area (Å²) in [6.45, 7) is 6.75. The summed E-state index contributed by atoms with van der Waals surface area (Å²) in [5.74, 6) is 2.47. The van der Waals surface area contributed by atoms with Gasteiger partial charge in [-0.2, -0.15) is 0 Å². The van der Waals surface area contributed by atoms with Gasteiger partial charge in [-0.05, 0) is 31.1 Å². The summed E-state index contributed by atoms with van der Waals surface area (Å²) >= 11 is 0. The summed E-state index contributed by atoms with van der Waals surface area (Å²) in [5.41, 5.74) is 6.03. The summed E-state index contributed by atoms with van der Waals surface area (Å²) in [6.07, 6.45) is 5.02. The number of likely N-dealkylation sites (tertiary alicyclic amines) is 1. The molecule has 1 heterocycles. The van der Waals surface area contributed by atoms with Gasteiger partial charge in [-0.1, -0.05) is 20.3 Å². The second-order valence-corrected chi connectivity index (χ2v) is 5.13. The molecule has 0 aromatic heterocycles. The highest BCUT2D eigenvalue weighted by molar-refractivity contribution is 14.0. The summed E-state index contributed by atoms with van der Waals surface area (Å²) in [7, 11) is 0. The number of halogens is 1. The van der Waals surface area contributed by atoms with Gasteiger partial charge >= 0.3 is 0 Å². The van der Waals surface area contributed by atoms with Gasteiger partial charge in [0.1, 0.15) is 0 Å². The van der Waals surface area contributed by atoms with Gasteiger partial charge in [0.15, 0.2) is 5.96 Å². The number of nitrogens with zero attached hydrogens (tertiary/aromatic N) is 2. The molecule has 0 unspecified atom stereocenters. The SMILES string of the molecule is CC[C@@H]1C[C@H]1N=C(N)N1CCC(C)CC1.I. The monoisotopic (exact) mass is 337 g/mol. The Morgan fingerprint density at radius 2 is 2.00 bits per heavy atom. The Bertz CT molecular complexity index is 247. The molecule has 3 nitrogen and oxygen atoms in total. The van der Waals surface area contributed by atoms with Gasteiger partial charge < -0.3 is 10.6 Å². The Morgan fingerprint density at radius 1 is 1.38 bits per heavy atom. The molecule has 0 spiro atoms. The molecule has 0 bridgehead atoms. The first kappa shape index (κ1) is 14.1. The van der Waals surface area contributed by atoms with Crippen LogP contribution in [0.4, 0.5) is 0 Å². The minimum absolute atomic E-state index is 0. The van der Waals surface area contributed by atoms with Crippen LogP contribution in [0.1, 0.15) is 39.5 Å². The van der Waals surface area contributed by atoms with E-state index in [0.717, 1.165) is 30.9 Å². The quantitative estimate of drug-likeness (QED) is 0.478. The Hall–Kier alpha value is 0. The number of hydrogen-bond acceptors (Lipinski definition) is 1. The zero-order chi connectivity index (χ0) is 10.8. The predicted molar refractivity (Wildman–Crippen MR) is 79.2 cm³/mol. The first-order valence-corrected chi connectivity index (χ1v) is 6.29. The number of nitrogens with two attached hydrogens (primary N) is 1. The van der Waals surface area contributed by atoms with Crippen LogP contribution in [0.3, 0.4) is 0 Å². The molecule has 4 heteroatoms. The van der Waals surface area contributed by atoms with Crippen LogP contribution in [0.25, 0.3) is 0 Å². The van der Waals surface area contributed by atoms with Crippen molar-refractivity contribution in [2.24, 2.45) is 22.6 Å². The second kappa shape index (κ2) is 6.07. The van der Waals surface area contributed by atoms with Crippen LogP contribution in [0.2, 0.25) is 0 Å². The van der Waals surface area contributed by atoms with Crippen LogP contribution in [0, 0.1) is 11.8 Å². The molecule has 2 N–H and O–H groups in total. The third-order valence-electron chi connectivity index (χ3n) is 3.82. The lowest BCUT2D eigenvalue weighted by atomic mass is 10.00. The molecule has 1 saturated heterocycles. The smallest absolute Gasteiger partial charge is 0.191 e. The summed E-state index contributed by atoms with van der Waals surface area (Å²) in [4.78, 5) is 6.86. The normalized spacial score (nSPS) is 31.1. The molecule has 1 saturated carbocycles. The zero-order valence-electron chi connectivity index (χ0n) is 10.4. The topological polar surface area (TPSA) is 41.6 Å². The van der Waals surface area contributed by atoms with Crippen LogP contribution in [0.5, 0.6) is 0 Å². The third kappa shape index (κ3) is 3.50. The summed E-state index contributed by atoms with van der Waals surface area (Å²) in [6, 6.07) is 0.536. The van der Waals surface area contributed by atoms with Gasteiger partial charge in [-0.3, -0.25) is 0 Å². The molecule has 0 amide bonds. The maximum atomic E-state index is 6.03. The third-order valence-corrected chi connectivity index (χ3v) is 3.82. The molecular formula is C12H24IN3. The zero-order valence-corrected chi connectivity index (χ0v) is 12.7. The first-order valence-electron chi connectivity index (χ1n) is 6.29. The van der Waals surface area contributed by atoms with Crippen molar-refractivity contribution in [1.82, 2.24) is 4.90 Å². The van der Waals surface area contributed by atoms with Crippen LogP contribution < -0.4 is 5.73 Å². The average molecular weight is 337 g/mol. The van der Waals surface area contributed by atoms with Gasteiger partial charge in [0.25, 0.3) is 0 Å². The summed E-state index contributed by atoms with van der Waals surface area (Å²) < 4.78 is 0. The fraction of sp³-hybridized carbons (Fsp3) is 0.917. The lowest BCUT2D eigenvalue weighted by molar-refractivity contribution is 0.277. The molecule has 2 atom stereocenters. The Morgan fingerprint density at radius 3 is 2.50 bits per heavy atom. The molecular weight excluding hydrogens is 313 g/mol. The van der Waals surface area contributed by atoms with Crippen molar-refractivity contribution in [2.45, 2.75) is 45.6 Å². The average Bonchev–Trinajstić information content (AvgIpc) is 2.97. The van der Waals surface area contributed by atoms with Crippen molar-refractivity contribution in [3.8, 4) is 0 Å². The van der Waals surface area contributed by atoms with Crippen molar-refractivity contribution >= 4 is 29.9 Å². The molecule has 16 heavy (non-hydrogen) atoms. The number of piperidine rings is 1. The van der Waals surface area contributed by atoms with E-state index in [1.807, 2.05) is 0 Å². The maximum absolute atomic E-state index is 6.03. The molecule has 2 aliphatic rings. The van der Waals surface area contributed by atoms with Gasteiger partial charge in [0.05, 0.1) is 6.04 Å². The van der Waals surface area contributed by atoms with E-state index in [1.54, 1.807) is 0 Å². The van der Waals surface area contributed by atoms with Crippen LogP contribution >= 0.6 is 24.0 Å². The predicted octanol–water partition coefficient (Wildman–Crippen LogP) is 2.45. The van der Waals surface area contributed by atoms with E-state index in [1.165, 1.54) is 25.7 Å². The Kier molecular flexibility index (Phi) is 5.34. The van der Waals surface area contributed by atoms with Gasteiger partial charge in [-0.15, -0.1) is 24.0 Å². The molecule has 2 fully saturated rings. The van der Waals surface area contributed by atoms with E-state index in [4.69, 9.17) is 5.73 Å². The standard InChI is InChI=1S/C12H23N3.HI/c1-3-10-8-11(10)14-12(13)15-6-4-9(2)5-7-15;/h9-11H,3-8H2,1-2H3,(H2,13,14);1H/t10-,11-;/m1./s1. The Labute approximate surface area is 116 Å². The number of hydrogen-bond donors (Lipinski definition) is 1. The van der Waals surface area contributed by atoms with Gasteiger partial charge in [0.2, 0.25) is 0 Å². The number of aliphatic imine (C=N–C) groups is 1. The highest BCUT2D eigenvalue weighted by Gasteiger charge is 2.35. The lowest BCUT2D eigenvalue weighted by Crippen LogP contribution is -2.42. The second-order valence-electron chi connectivity index (χ2n) is 5.13. The first-order chi connectivity index (χ1) is 7.20. The molecule has 0 aromatic rings. The van der Waals surface area contributed by atoms with Crippen molar-refractivity contribution in [2.75, 3.05) is 13.1 Å². The molecule has 94 valence electrons. The van der Waals surface area contributed by atoms with E-state index < -0.39 is 0 Å². The molecule has 1 aliphatic carbocycles. The summed E-state index contributed by atoms with van der Waals surface area (Å²) in [5, 5.41) is 0. The maximum Gasteiger partial charge on any atom is 0.191 e. The van der Waals surface area contributed by atoms with Crippen molar-refractivity contribution in [3.63, 3.8) is 0 Å². The van der Waals surface area contributed by atoms with Crippen molar-refractivity contribution in [1.29, 1.82) is 0 Å². The Balaban J connectivity index is 0.00000128. The van der Waals surface area contributed by atoms with Gasteiger partial charge in [-0.25, -0.2) is 4.99 Å². The highest BCUT2D eigenvalue weighted by atomic mass is 127. The molecule has 1 aliphatic heterocycles. The molecule has 0 aromatic carbocycles. The molecule has 0 radical (unpaired) electrons. The lowest BCUT2D eigenvalue weighted by Gasteiger charge is -2.31. The minimum Gasteiger partial charge on any atom is -0.370 e. The fourth-order valence-electron chi connectivity index (χ4n) is 2.32. The highest BCUT2D eigenvalue weighted by Crippen LogP contribution is 2.36. The van der Waals surface area contributed by atoms with E-state index in [9.17, 15) is 0 Å². The van der Waals surface area contributed by atoms with E-state index in [-0.39, 0.29) is 24.0 Å². The number of guanidine groups is 1. The van der Waals surface area contributed by atoms with E-state index >= 15 is 0 Å². The number of rotatable bonds is 2. The van der Waals surface area contributed by atoms with E-state index in [2.05, 4.69) is 23.7 Å². The van der Waals surface area contributed by atoms with Crippen LogP contribution in [-0.4, -0.2) is 30.0 Å². The molecule has 2 rings (SSSR count). The van der Waals surface area contributed by atoms with Crippen molar-refractivity contribution in [3.05, 3.63) is 0 Å². The van der Waals surface area contributed by atoms with E-state index in [0.29, 0.717) is 6.04 Å². The largest absolute Gasteiger partial charge is 0.370 e. The van der Waals surface area contributed by atoms with Crippen LogP contribution in [0.15, 0.2) is 4.99 Å². The van der Waals surface area contributed by atoms with Gasteiger partial charge in [0, 0.05) is 13.1 Å². The van der Waals surface area contributed by atoms with Crippen LogP contribution in [-0.2, 0) is 0 Å². The minimum atomic E-state index is 0. The fourth-order valence-corrected chi connectivity index (χ4v) is 2.32.